The van der Waals surface area contributed by atoms with Crippen molar-refractivity contribution >= 4 is 40.0 Å². The Bertz CT molecular complexity index is 1190. The van der Waals surface area contributed by atoms with E-state index >= 15 is 0 Å². The van der Waals surface area contributed by atoms with E-state index in [2.05, 4.69) is 15.8 Å². The number of aromatic nitrogens is 1. The summed E-state index contributed by atoms with van der Waals surface area (Å²) in [7, 11) is 0. The smallest absolute Gasteiger partial charge is 0.251 e. The van der Waals surface area contributed by atoms with Crippen LogP contribution in [0.1, 0.15) is 10.4 Å². The van der Waals surface area contributed by atoms with Crippen molar-refractivity contribution in [3.63, 3.8) is 0 Å². The molecule has 2 N–H and O–H groups in total. The number of nitrogens with zero attached hydrogens (tertiary/aromatic N) is 1. The van der Waals surface area contributed by atoms with Gasteiger partial charge < -0.3 is 15.2 Å². The third-order valence-corrected chi connectivity index (χ3v) is 4.53. The number of hydrogen-bond donors (Lipinski definition) is 2. The molecule has 144 valence electrons. The lowest BCUT2D eigenvalue weighted by molar-refractivity contribution is -0.115. The zero-order chi connectivity index (χ0) is 20.2. The van der Waals surface area contributed by atoms with Gasteiger partial charge in [0.15, 0.2) is 5.76 Å². The van der Waals surface area contributed by atoms with Gasteiger partial charge in [0.1, 0.15) is 5.52 Å². The molecular weight excluding hydrogens is 390 g/mol. The van der Waals surface area contributed by atoms with Gasteiger partial charge in [-0.05, 0) is 36.4 Å². The molecule has 0 radical (unpaired) electrons. The first-order valence-electron chi connectivity index (χ1n) is 8.88. The fraction of sp³-hybridized carbons (Fsp3) is 0.0455. The van der Waals surface area contributed by atoms with Crippen LogP contribution in [0.4, 0.5) is 5.69 Å². The molecular formula is C22H16ClN3O3. The minimum Gasteiger partial charge on any atom is -0.355 e. The number of carbonyl (C=O) groups excluding carboxylic acids is 2. The maximum atomic E-state index is 12.5. The van der Waals surface area contributed by atoms with Crippen molar-refractivity contribution < 1.29 is 14.1 Å². The van der Waals surface area contributed by atoms with Crippen LogP contribution >= 0.6 is 11.6 Å². The molecule has 7 heteroatoms. The van der Waals surface area contributed by atoms with Crippen LogP contribution in [0.3, 0.4) is 0 Å². The molecule has 3 aromatic carbocycles. The SMILES string of the molecule is O=C(CNC(=O)c1ccc2noc(-c3ccccc3)c2c1)Nc1cccc(Cl)c1. The molecule has 4 aromatic rings. The Morgan fingerprint density at radius 2 is 1.79 bits per heavy atom. The van der Waals surface area contributed by atoms with E-state index in [4.69, 9.17) is 16.1 Å². The Morgan fingerprint density at radius 3 is 2.59 bits per heavy atom. The monoisotopic (exact) mass is 405 g/mol. The highest BCUT2D eigenvalue weighted by Crippen LogP contribution is 2.29. The highest BCUT2D eigenvalue weighted by Gasteiger charge is 2.14. The van der Waals surface area contributed by atoms with E-state index in [0.717, 1.165) is 10.9 Å². The summed E-state index contributed by atoms with van der Waals surface area (Å²) in [6.07, 6.45) is 0. The van der Waals surface area contributed by atoms with Gasteiger partial charge in [0, 0.05) is 21.8 Å². The number of halogens is 1. The van der Waals surface area contributed by atoms with Crippen molar-refractivity contribution in [2.75, 3.05) is 11.9 Å². The minimum absolute atomic E-state index is 0.168. The molecule has 29 heavy (non-hydrogen) atoms. The van der Waals surface area contributed by atoms with Gasteiger partial charge >= 0.3 is 0 Å². The molecule has 0 fully saturated rings. The topological polar surface area (TPSA) is 84.2 Å². The standard InChI is InChI=1S/C22H16ClN3O3/c23-16-7-4-8-17(12-16)25-20(27)13-24-22(28)15-9-10-19-18(11-15)21(29-26-19)14-5-2-1-3-6-14/h1-12H,13H2,(H,24,28)(H,25,27). The van der Waals surface area contributed by atoms with E-state index in [9.17, 15) is 9.59 Å². The lowest BCUT2D eigenvalue weighted by atomic mass is 10.1. The van der Waals surface area contributed by atoms with Crippen LogP contribution in [0.15, 0.2) is 77.3 Å². The van der Waals surface area contributed by atoms with Gasteiger partial charge in [-0.15, -0.1) is 0 Å². The molecule has 0 aliphatic carbocycles. The molecule has 0 aliphatic heterocycles. The number of nitrogens with one attached hydrogen (secondary N) is 2. The van der Waals surface area contributed by atoms with Crippen molar-refractivity contribution in [3.8, 4) is 11.3 Å². The Hall–Kier alpha value is -3.64. The predicted octanol–water partition coefficient (Wildman–Crippen LogP) is 4.52. The summed E-state index contributed by atoms with van der Waals surface area (Å²) in [6, 6.07) is 21.4. The van der Waals surface area contributed by atoms with Crippen LogP contribution in [0, 0.1) is 0 Å². The van der Waals surface area contributed by atoms with Gasteiger partial charge in [0.2, 0.25) is 5.91 Å². The lowest BCUT2D eigenvalue weighted by Crippen LogP contribution is -2.32. The molecule has 4 rings (SSSR count). The second kappa shape index (κ2) is 8.16. The van der Waals surface area contributed by atoms with E-state index in [1.165, 1.54) is 0 Å². The fourth-order valence-corrected chi connectivity index (χ4v) is 3.10. The van der Waals surface area contributed by atoms with Gasteiger partial charge in [0.05, 0.1) is 11.9 Å². The van der Waals surface area contributed by atoms with E-state index in [0.29, 0.717) is 27.6 Å². The summed E-state index contributed by atoms with van der Waals surface area (Å²) in [4.78, 5) is 24.6. The van der Waals surface area contributed by atoms with Crippen molar-refractivity contribution in [3.05, 3.63) is 83.4 Å². The first-order valence-corrected chi connectivity index (χ1v) is 9.26. The summed E-state index contributed by atoms with van der Waals surface area (Å²) >= 11 is 5.90. The Labute approximate surface area is 171 Å². The second-order valence-corrected chi connectivity index (χ2v) is 6.79. The average Bonchev–Trinajstić information content (AvgIpc) is 3.16. The highest BCUT2D eigenvalue weighted by molar-refractivity contribution is 6.30. The summed E-state index contributed by atoms with van der Waals surface area (Å²) in [5.74, 6) is -0.126. The van der Waals surface area contributed by atoms with Crippen LogP contribution in [0.25, 0.3) is 22.2 Å². The van der Waals surface area contributed by atoms with E-state index < -0.39 is 0 Å². The summed E-state index contributed by atoms with van der Waals surface area (Å²) < 4.78 is 5.45. The molecule has 1 aromatic heterocycles. The maximum Gasteiger partial charge on any atom is 0.251 e. The zero-order valence-electron chi connectivity index (χ0n) is 15.2. The molecule has 0 spiro atoms. The molecule has 2 amide bonds. The van der Waals surface area contributed by atoms with E-state index in [1.54, 1.807) is 42.5 Å². The predicted molar refractivity (Wildman–Crippen MR) is 112 cm³/mol. The number of amides is 2. The van der Waals surface area contributed by atoms with Crippen molar-refractivity contribution in [2.45, 2.75) is 0 Å². The van der Waals surface area contributed by atoms with Crippen molar-refractivity contribution in [1.29, 1.82) is 0 Å². The third kappa shape index (κ3) is 4.28. The van der Waals surface area contributed by atoms with Gasteiger partial charge in [-0.25, -0.2) is 0 Å². The van der Waals surface area contributed by atoms with E-state index in [1.807, 2.05) is 30.3 Å². The molecule has 0 unspecified atom stereocenters. The Kier molecular flexibility index (Phi) is 5.27. The summed E-state index contributed by atoms with van der Waals surface area (Å²) in [6.45, 7) is -0.168. The maximum absolute atomic E-state index is 12.5. The first-order chi connectivity index (χ1) is 14.1. The summed E-state index contributed by atoms with van der Waals surface area (Å²) in [5.41, 5.74) is 2.50. The number of fused-ring (bicyclic) bond motifs is 1. The molecule has 0 saturated carbocycles. The molecule has 0 aliphatic rings. The quantitative estimate of drug-likeness (QED) is 0.511. The highest BCUT2D eigenvalue weighted by atomic mass is 35.5. The van der Waals surface area contributed by atoms with Crippen LogP contribution in [-0.4, -0.2) is 23.5 Å². The second-order valence-electron chi connectivity index (χ2n) is 6.35. The normalized spacial score (nSPS) is 10.7. The van der Waals surface area contributed by atoms with Crippen LogP contribution < -0.4 is 10.6 Å². The largest absolute Gasteiger partial charge is 0.355 e. The number of rotatable bonds is 5. The third-order valence-electron chi connectivity index (χ3n) is 4.29. The van der Waals surface area contributed by atoms with Crippen LogP contribution in [-0.2, 0) is 4.79 Å². The summed E-state index contributed by atoms with van der Waals surface area (Å²) in [5, 5.41) is 10.6. The van der Waals surface area contributed by atoms with Crippen LogP contribution in [0.2, 0.25) is 5.02 Å². The number of carbonyl (C=O) groups is 2. The fourth-order valence-electron chi connectivity index (χ4n) is 2.91. The number of hydrogen-bond acceptors (Lipinski definition) is 4. The molecule has 0 saturated heterocycles. The Morgan fingerprint density at radius 1 is 0.966 bits per heavy atom. The number of benzene rings is 3. The molecule has 6 nitrogen and oxygen atoms in total. The van der Waals surface area contributed by atoms with Crippen molar-refractivity contribution in [1.82, 2.24) is 10.5 Å². The van der Waals surface area contributed by atoms with Gasteiger partial charge in [-0.3, -0.25) is 9.59 Å². The van der Waals surface area contributed by atoms with E-state index in [-0.39, 0.29) is 18.4 Å². The number of anilines is 1. The molecule has 0 atom stereocenters. The Balaban J connectivity index is 1.46. The van der Waals surface area contributed by atoms with Gasteiger partial charge in [-0.2, -0.15) is 0 Å². The zero-order valence-corrected chi connectivity index (χ0v) is 15.9. The minimum atomic E-state index is -0.367. The van der Waals surface area contributed by atoms with Gasteiger partial charge in [0.25, 0.3) is 5.91 Å². The average molecular weight is 406 g/mol. The lowest BCUT2D eigenvalue weighted by Gasteiger charge is -2.07. The first kappa shape index (κ1) is 18.7. The molecule has 0 bridgehead atoms. The van der Waals surface area contributed by atoms with Crippen LogP contribution in [0.5, 0.6) is 0 Å². The van der Waals surface area contributed by atoms with Gasteiger partial charge in [-0.1, -0.05) is 53.2 Å². The molecule has 1 heterocycles. The van der Waals surface area contributed by atoms with Crippen molar-refractivity contribution in [2.24, 2.45) is 0 Å².